The van der Waals surface area contributed by atoms with E-state index >= 15 is 0 Å². The van der Waals surface area contributed by atoms with E-state index in [1.54, 1.807) is 32.4 Å². The molecule has 25 heavy (non-hydrogen) atoms. The van der Waals surface area contributed by atoms with Crippen LogP contribution in [0.25, 0.3) is 0 Å². The van der Waals surface area contributed by atoms with Gasteiger partial charge in [0.15, 0.2) is 11.5 Å². The predicted octanol–water partition coefficient (Wildman–Crippen LogP) is 3.50. The van der Waals surface area contributed by atoms with E-state index in [2.05, 4.69) is 19.2 Å². The summed E-state index contributed by atoms with van der Waals surface area (Å²) in [6.45, 7) is 6.80. The number of hydrogen-bond acceptors (Lipinski definition) is 4. The van der Waals surface area contributed by atoms with Gasteiger partial charge in [-0.2, -0.15) is 0 Å². The van der Waals surface area contributed by atoms with Crippen molar-refractivity contribution >= 4 is 11.6 Å². The molecule has 2 aromatic rings. The number of carbonyl (C=O) groups excluding carboxylic acids is 1. The summed E-state index contributed by atoms with van der Waals surface area (Å²) >= 11 is 0. The largest absolute Gasteiger partial charge is 0.493 e. The Morgan fingerprint density at radius 1 is 1.08 bits per heavy atom. The highest BCUT2D eigenvalue weighted by molar-refractivity contribution is 6.04. The van der Waals surface area contributed by atoms with Crippen molar-refractivity contribution in [2.24, 2.45) is 5.73 Å². The van der Waals surface area contributed by atoms with E-state index in [0.717, 1.165) is 11.3 Å². The highest BCUT2D eigenvalue weighted by Gasteiger charge is 2.21. The summed E-state index contributed by atoms with van der Waals surface area (Å²) in [6, 6.07) is 11.0. The number of nitrogens with two attached hydrogens (primary N) is 1. The van der Waals surface area contributed by atoms with Crippen molar-refractivity contribution in [2.45, 2.75) is 26.2 Å². The van der Waals surface area contributed by atoms with E-state index < -0.39 is 0 Å². The maximum atomic E-state index is 12.5. The van der Waals surface area contributed by atoms with Crippen LogP contribution in [0.4, 0.5) is 5.69 Å². The first kappa shape index (κ1) is 18.8. The summed E-state index contributed by atoms with van der Waals surface area (Å²) in [5.41, 5.74) is 9.28. The van der Waals surface area contributed by atoms with Gasteiger partial charge in [0.2, 0.25) is 0 Å². The van der Waals surface area contributed by atoms with Crippen LogP contribution in [0.2, 0.25) is 0 Å². The Kier molecular flexibility index (Phi) is 5.69. The van der Waals surface area contributed by atoms with Gasteiger partial charge in [-0.3, -0.25) is 4.79 Å². The molecule has 2 rings (SSSR count). The van der Waals surface area contributed by atoms with Gasteiger partial charge in [0.25, 0.3) is 5.91 Å². The van der Waals surface area contributed by atoms with Crippen molar-refractivity contribution in [3.8, 4) is 11.5 Å². The summed E-state index contributed by atoms with van der Waals surface area (Å²) in [6.07, 6.45) is 0. The van der Waals surface area contributed by atoms with Crippen LogP contribution < -0.4 is 20.5 Å². The van der Waals surface area contributed by atoms with Crippen LogP contribution in [-0.4, -0.2) is 26.7 Å². The minimum absolute atomic E-state index is 0.101. The van der Waals surface area contributed by atoms with Crippen molar-refractivity contribution in [2.75, 3.05) is 26.1 Å². The number of anilines is 1. The van der Waals surface area contributed by atoms with Crippen molar-refractivity contribution < 1.29 is 14.3 Å². The Morgan fingerprint density at radius 2 is 1.76 bits per heavy atom. The Balaban J connectivity index is 2.22. The summed E-state index contributed by atoms with van der Waals surface area (Å²) in [4.78, 5) is 12.5. The average molecular weight is 342 g/mol. The maximum Gasteiger partial charge on any atom is 0.255 e. The minimum Gasteiger partial charge on any atom is -0.493 e. The zero-order chi connectivity index (χ0) is 18.6. The molecule has 3 N–H and O–H groups in total. The number of amides is 1. The van der Waals surface area contributed by atoms with Crippen LogP contribution in [0.15, 0.2) is 36.4 Å². The molecule has 0 radical (unpaired) electrons. The molecule has 0 spiro atoms. The lowest BCUT2D eigenvalue weighted by Crippen LogP contribution is -2.29. The quantitative estimate of drug-likeness (QED) is 0.843. The molecule has 1 amide bonds. The maximum absolute atomic E-state index is 12.5. The highest BCUT2D eigenvalue weighted by atomic mass is 16.5. The fraction of sp³-hybridized carbons (Fsp3) is 0.350. The van der Waals surface area contributed by atoms with E-state index in [9.17, 15) is 4.79 Å². The first-order valence-electron chi connectivity index (χ1n) is 8.17. The molecule has 2 aromatic carbocycles. The Morgan fingerprint density at radius 3 is 2.32 bits per heavy atom. The van der Waals surface area contributed by atoms with Crippen molar-refractivity contribution in [1.82, 2.24) is 0 Å². The summed E-state index contributed by atoms with van der Waals surface area (Å²) in [5, 5.41) is 2.92. The van der Waals surface area contributed by atoms with E-state index in [1.165, 1.54) is 5.56 Å². The van der Waals surface area contributed by atoms with Gasteiger partial charge in [-0.1, -0.05) is 19.9 Å². The molecular formula is C20H26N2O3. The lowest BCUT2D eigenvalue weighted by molar-refractivity contribution is 0.102. The molecule has 0 atom stereocenters. The molecule has 134 valence electrons. The molecule has 0 bridgehead atoms. The van der Waals surface area contributed by atoms with Gasteiger partial charge in [-0.05, 0) is 48.4 Å². The fourth-order valence-electron chi connectivity index (χ4n) is 2.79. The van der Waals surface area contributed by atoms with Gasteiger partial charge in [-0.15, -0.1) is 0 Å². The second-order valence-electron chi connectivity index (χ2n) is 6.64. The molecule has 0 aliphatic carbocycles. The SMILES string of the molecule is COc1ccc(C(=O)Nc2ccc(C(C)(C)CN)c(C)c2)cc1OC. The highest BCUT2D eigenvalue weighted by Crippen LogP contribution is 2.29. The van der Waals surface area contributed by atoms with Gasteiger partial charge >= 0.3 is 0 Å². The molecule has 0 saturated heterocycles. The number of rotatable bonds is 6. The Bertz CT molecular complexity index is 770. The van der Waals surface area contributed by atoms with Crippen LogP contribution >= 0.6 is 0 Å². The second-order valence-corrected chi connectivity index (χ2v) is 6.64. The molecule has 0 saturated carbocycles. The third-order valence-electron chi connectivity index (χ3n) is 4.37. The normalized spacial score (nSPS) is 11.1. The van der Waals surface area contributed by atoms with Crippen LogP contribution in [0.1, 0.15) is 35.3 Å². The second kappa shape index (κ2) is 7.57. The van der Waals surface area contributed by atoms with E-state index in [4.69, 9.17) is 15.2 Å². The minimum atomic E-state index is -0.203. The molecule has 5 nitrogen and oxygen atoms in total. The lowest BCUT2D eigenvalue weighted by Gasteiger charge is -2.25. The molecule has 0 aromatic heterocycles. The van der Waals surface area contributed by atoms with Crippen molar-refractivity contribution in [3.05, 3.63) is 53.1 Å². The zero-order valence-electron chi connectivity index (χ0n) is 15.5. The smallest absolute Gasteiger partial charge is 0.255 e. The van der Waals surface area contributed by atoms with Gasteiger partial charge in [0.1, 0.15) is 0 Å². The van der Waals surface area contributed by atoms with Crippen LogP contribution in [0.5, 0.6) is 11.5 Å². The van der Waals surface area contributed by atoms with Gasteiger partial charge in [0, 0.05) is 23.2 Å². The van der Waals surface area contributed by atoms with Gasteiger partial charge in [-0.25, -0.2) is 0 Å². The number of ether oxygens (including phenoxy) is 2. The first-order valence-corrected chi connectivity index (χ1v) is 8.17. The first-order chi connectivity index (χ1) is 11.8. The van der Waals surface area contributed by atoms with Gasteiger partial charge < -0.3 is 20.5 Å². The van der Waals surface area contributed by atoms with Gasteiger partial charge in [0.05, 0.1) is 14.2 Å². The third kappa shape index (κ3) is 4.12. The van der Waals surface area contributed by atoms with Crippen LogP contribution in [-0.2, 0) is 5.41 Å². The third-order valence-corrected chi connectivity index (χ3v) is 4.37. The molecule has 5 heteroatoms. The lowest BCUT2D eigenvalue weighted by atomic mass is 9.82. The molecule has 0 heterocycles. The van der Waals surface area contributed by atoms with Crippen molar-refractivity contribution in [1.29, 1.82) is 0 Å². The number of benzene rings is 2. The van der Waals surface area contributed by atoms with Crippen molar-refractivity contribution in [3.63, 3.8) is 0 Å². The average Bonchev–Trinajstić information content (AvgIpc) is 2.60. The Labute approximate surface area is 149 Å². The molecule has 0 aliphatic heterocycles. The zero-order valence-corrected chi connectivity index (χ0v) is 15.5. The monoisotopic (exact) mass is 342 g/mol. The van der Waals surface area contributed by atoms with E-state index in [1.807, 2.05) is 25.1 Å². The fourth-order valence-corrected chi connectivity index (χ4v) is 2.79. The number of carbonyl (C=O) groups is 1. The topological polar surface area (TPSA) is 73.6 Å². The molecular weight excluding hydrogens is 316 g/mol. The summed E-state index contributed by atoms with van der Waals surface area (Å²) in [7, 11) is 3.10. The molecule has 0 unspecified atom stereocenters. The van der Waals surface area contributed by atoms with Crippen LogP contribution in [0, 0.1) is 6.92 Å². The standard InChI is InChI=1S/C20H26N2O3/c1-13-10-15(7-8-16(13)20(2,3)12-21)22-19(23)14-6-9-17(24-4)18(11-14)25-5/h6-11H,12,21H2,1-5H3,(H,22,23). The summed E-state index contributed by atoms with van der Waals surface area (Å²) in [5.74, 6) is 0.904. The Hall–Kier alpha value is -2.53. The summed E-state index contributed by atoms with van der Waals surface area (Å²) < 4.78 is 10.4. The van der Waals surface area contributed by atoms with E-state index in [-0.39, 0.29) is 11.3 Å². The predicted molar refractivity (Wildman–Crippen MR) is 101 cm³/mol. The van der Waals surface area contributed by atoms with E-state index in [0.29, 0.717) is 23.6 Å². The number of nitrogens with one attached hydrogen (secondary N) is 1. The molecule has 0 fully saturated rings. The number of methoxy groups -OCH3 is 2. The van der Waals surface area contributed by atoms with Crippen LogP contribution in [0.3, 0.4) is 0 Å². The molecule has 0 aliphatic rings. The number of hydrogen-bond donors (Lipinski definition) is 2. The number of aryl methyl sites for hydroxylation is 1.